The average molecular weight is 394 g/mol. The van der Waals surface area contributed by atoms with Crippen LogP contribution < -0.4 is 10.1 Å². The van der Waals surface area contributed by atoms with Crippen LogP contribution in [0.1, 0.15) is 32.6 Å². The summed E-state index contributed by atoms with van der Waals surface area (Å²) < 4.78 is 5.74. The highest BCUT2D eigenvalue weighted by Gasteiger charge is 2.37. The summed E-state index contributed by atoms with van der Waals surface area (Å²) in [4.78, 5) is 14.5. The zero-order chi connectivity index (χ0) is 16.6. The zero-order valence-corrected chi connectivity index (χ0v) is 16.1. The Morgan fingerprint density at radius 3 is 2.29 bits per heavy atom. The van der Waals surface area contributed by atoms with Gasteiger partial charge in [-0.05, 0) is 50.8 Å². The molecule has 0 radical (unpaired) electrons. The van der Waals surface area contributed by atoms with Gasteiger partial charge in [0.2, 0.25) is 0 Å². The molecule has 2 aliphatic heterocycles. The van der Waals surface area contributed by atoms with Gasteiger partial charge in [0.1, 0.15) is 5.75 Å². The number of rotatable bonds is 4. The van der Waals surface area contributed by atoms with Gasteiger partial charge in [-0.25, -0.2) is 0 Å². The number of halogens is 3. The topological polar surface area (TPSA) is 41.6 Å². The molecule has 3 rings (SSSR count). The Morgan fingerprint density at radius 1 is 1.21 bits per heavy atom. The van der Waals surface area contributed by atoms with E-state index in [1.54, 1.807) is 25.1 Å². The molecule has 0 spiro atoms. The van der Waals surface area contributed by atoms with E-state index in [0.29, 0.717) is 27.9 Å². The normalized spacial score (nSPS) is 26.4. The number of carbonyl (C=O) groups excluding carboxylic acids is 1. The quantitative estimate of drug-likeness (QED) is 0.843. The second-order valence-corrected chi connectivity index (χ2v) is 7.45. The van der Waals surface area contributed by atoms with E-state index in [1.807, 2.05) is 11.9 Å². The van der Waals surface area contributed by atoms with Gasteiger partial charge in [-0.15, -0.1) is 12.4 Å². The van der Waals surface area contributed by atoms with E-state index in [0.717, 1.165) is 12.8 Å². The lowest BCUT2D eigenvalue weighted by Crippen LogP contribution is -2.51. The Labute approximate surface area is 159 Å². The molecule has 24 heavy (non-hydrogen) atoms. The average Bonchev–Trinajstić information content (AvgIpc) is 2.83. The molecule has 2 aliphatic rings. The lowest BCUT2D eigenvalue weighted by Gasteiger charge is -2.36. The van der Waals surface area contributed by atoms with E-state index in [2.05, 4.69) is 5.32 Å². The molecule has 2 fully saturated rings. The van der Waals surface area contributed by atoms with Crippen LogP contribution in [0.4, 0.5) is 0 Å². The van der Waals surface area contributed by atoms with Crippen LogP contribution in [0.5, 0.6) is 5.75 Å². The van der Waals surface area contributed by atoms with Crippen LogP contribution in [-0.2, 0) is 4.79 Å². The number of piperidine rings is 1. The minimum Gasteiger partial charge on any atom is -0.481 e. The first kappa shape index (κ1) is 19.6. The van der Waals surface area contributed by atoms with Gasteiger partial charge in [0.05, 0.1) is 0 Å². The fourth-order valence-electron chi connectivity index (χ4n) is 3.66. The van der Waals surface area contributed by atoms with Crippen molar-refractivity contribution in [2.75, 3.05) is 7.05 Å². The van der Waals surface area contributed by atoms with Crippen LogP contribution in [0, 0.1) is 0 Å². The maximum Gasteiger partial charge on any atom is 0.263 e. The molecule has 1 aromatic carbocycles. The molecule has 0 saturated carbocycles. The maximum atomic E-state index is 12.7. The largest absolute Gasteiger partial charge is 0.481 e. The second kappa shape index (κ2) is 8.13. The van der Waals surface area contributed by atoms with Crippen molar-refractivity contribution in [2.24, 2.45) is 0 Å². The van der Waals surface area contributed by atoms with Crippen molar-refractivity contribution in [3.05, 3.63) is 28.2 Å². The van der Waals surface area contributed by atoms with Crippen LogP contribution in [-0.4, -0.2) is 42.1 Å². The molecule has 2 heterocycles. The molecule has 134 valence electrons. The van der Waals surface area contributed by atoms with Crippen LogP contribution in [0.15, 0.2) is 18.2 Å². The van der Waals surface area contributed by atoms with E-state index in [1.165, 1.54) is 12.8 Å². The number of hydrogen-bond donors (Lipinski definition) is 1. The first-order valence-electron chi connectivity index (χ1n) is 8.08. The third kappa shape index (κ3) is 4.48. The van der Waals surface area contributed by atoms with E-state index >= 15 is 0 Å². The summed E-state index contributed by atoms with van der Waals surface area (Å²) in [5.41, 5.74) is 0. The number of hydrogen-bond acceptors (Lipinski definition) is 3. The zero-order valence-electron chi connectivity index (χ0n) is 13.8. The maximum absolute atomic E-state index is 12.7. The highest BCUT2D eigenvalue weighted by Crippen LogP contribution is 2.30. The highest BCUT2D eigenvalue weighted by atomic mass is 35.5. The summed E-state index contributed by atoms with van der Waals surface area (Å²) in [5, 5.41) is 4.59. The number of fused-ring (bicyclic) bond motifs is 2. The smallest absolute Gasteiger partial charge is 0.263 e. The fourth-order valence-corrected chi connectivity index (χ4v) is 4.17. The first-order chi connectivity index (χ1) is 10.9. The number of nitrogens with one attached hydrogen (secondary N) is 1. The lowest BCUT2D eigenvalue weighted by molar-refractivity contribution is -0.139. The van der Waals surface area contributed by atoms with E-state index in [-0.39, 0.29) is 24.4 Å². The van der Waals surface area contributed by atoms with E-state index in [4.69, 9.17) is 27.9 Å². The van der Waals surface area contributed by atoms with Gasteiger partial charge < -0.3 is 15.0 Å². The molecule has 0 aliphatic carbocycles. The Kier molecular flexibility index (Phi) is 6.66. The SMILES string of the molecule is CC(Oc1cc(Cl)cc(Cl)c1)C(=O)N(C)C1CC2CCC(C1)N2.Cl. The van der Waals surface area contributed by atoms with Gasteiger partial charge in [-0.2, -0.15) is 0 Å². The molecule has 3 unspecified atom stereocenters. The van der Waals surface area contributed by atoms with Gasteiger partial charge in [0.15, 0.2) is 6.10 Å². The Balaban J connectivity index is 0.00000208. The van der Waals surface area contributed by atoms with Crippen LogP contribution in [0.2, 0.25) is 10.0 Å². The number of ether oxygens (including phenoxy) is 1. The van der Waals surface area contributed by atoms with Crippen molar-refractivity contribution < 1.29 is 9.53 Å². The highest BCUT2D eigenvalue weighted by molar-refractivity contribution is 6.34. The van der Waals surface area contributed by atoms with Crippen molar-refractivity contribution in [1.29, 1.82) is 0 Å². The molecule has 1 amide bonds. The number of carbonyl (C=O) groups is 1. The molecule has 3 atom stereocenters. The molecule has 4 nitrogen and oxygen atoms in total. The molecule has 2 saturated heterocycles. The van der Waals surface area contributed by atoms with E-state index in [9.17, 15) is 4.79 Å². The van der Waals surface area contributed by atoms with Crippen molar-refractivity contribution >= 4 is 41.5 Å². The first-order valence-corrected chi connectivity index (χ1v) is 8.83. The summed E-state index contributed by atoms with van der Waals surface area (Å²) in [5.74, 6) is 0.509. The summed E-state index contributed by atoms with van der Waals surface area (Å²) in [6.07, 6.45) is 3.91. The number of nitrogens with zero attached hydrogens (tertiary/aromatic N) is 1. The predicted molar refractivity (Wildman–Crippen MR) is 99.5 cm³/mol. The van der Waals surface area contributed by atoms with Gasteiger partial charge >= 0.3 is 0 Å². The summed E-state index contributed by atoms with van der Waals surface area (Å²) in [7, 11) is 1.88. The van der Waals surface area contributed by atoms with Crippen molar-refractivity contribution in [3.8, 4) is 5.75 Å². The van der Waals surface area contributed by atoms with Crippen molar-refractivity contribution in [1.82, 2.24) is 10.2 Å². The standard InChI is InChI=1S/C17H22Cl2N2O2.ClH/c1-10(23-16-6-11(18)5-12(19)7-16)17(22)21(2)15-8-13-3-4-14(9-15)20-13;/h5-7,10,13-15,20H,3-4,8-9H2,1-2H3;1H. The van der Waals surface area contributed by atoms with E-state index < -0.39 is 6.10 Å². The Bertz CT molecular complexity index is 567. The predicted octanol–water partition coefficient (Wildman–Crippen LogP) is 3.92. The molecular weight excluding hydrogens is 371 g/mol. The van der Waals surface area contributed by atoms with Gasteiger partial charge in [-0.1, -0.05) is 23.2 Å². The molecular formula is C17H23Cl3N2O2. The second-order valence-electron chi connectivity index (χ2n) is 6.58. The van der Waals surface area contributed by atoms with Gasteiger partial charge in [0, 0.05) is 35.2 Å². The summed E-state index contributed by atoms with van der Waals surface area (Å²) in [6, 6.07) is 6.37. The van der Waals surface area contributed by atoms with Crippen molar-refractivity contribution in [2.45, 2.75) is 56.8 Å². The fraction of sp³-hybridized carbons (Fsp3) is 0.588. The van der Waals surface area contributed by atoms with Gasteiger partial charge in [0.25, 0.3) is 5.91 Å². The Hall–Kier alpha value is -0.680. The molecule has 1 N–H and O–H groups in total. The number of likely N-dealkylation sites (N-methyl/N-ethyl adjacent to an activating group) is 1. The summed E-state index contributed by atoms with van der Waals surface area (Å²) >= 11 is 11.9. The number of benzene rings is 1. The van der Waals surface area contributed by atoms with Crippen molar-refractivity contribution in [3.63, 3.8) is 0 Å². The molecule has 7 heteroatoms. The van der Waals surface area contributed by atoms with Gasteiger partial charge in [-0.3, -0.25) is 4.79 Å². The minimum absolute atomic E-state index is 0. The third-order valence-corrected chi connectivity index (χ3v) is 5.28. The van der Waals surface area contributed by atoms with Crippen LogP contribution in [0.3, 0.4) is 0 Å². The third-order valence-electron chi connectivity index (χ3n) is 4.84. The molecule has 1 aromatic rings. The molecule has 0 aromatic heterocycles. The minimum atomic E-state index is -0.568. The van der Waals surface area contributed by atoms with Crippen LogP contribution >= 0.6 is 35.6 Å². The summed E-state index contributed by atoms with van der Waals surface area (Å²) in [6.45, 7) is 1.77. The molecule has 2 bridgehead atoms. The Morgan fingerprint density at radius 2 is 1.75 bits per heavy atom. The monoisotopic (exact) mass is 392 g/mol. The lowest BCUT2D eigenvalue weighted by atomic mass is 9.98. The van der Waals surface area contributed by atoms with Crippen LogP contribution in [0.25, 0.3) is 0 Å². The number of amides is 1.